The quantitative estimate of drug-likeness (QED) is 0.102. The Bertz CT molecular complexity index is 1080. The highest BCUT2D eigenvalue weighted by Crippen LogP contribution is 2.33. The summed E-state index contributed by atoms with van der Waals surface area (Å²) in [4.78, 5) is 53.2. The van der Waals surface area contributed by atoms with Crippen LogP contribution in [0.2, 0.25) is 0 Å². The summed E-state index contributed by atoms with van der Waals surface area (Å²) in [7, 11) is 0. The van der Waals surface area contributed by atoms with Crippen LogP contribution in [0.25, 0.3) is 0 Å². The third-order valence-corrected chi connectivity index (χ3v) is 7.05. The van der Waals surface area contributed by atoms with Gasteiger partial charge in [0.1, 0.15) is 0 Å². The van der Waals surface area contributed by atoms with Crippen molar-refractivity contribution in [3.63, 3.8) is 0 Å². The first-order valence-corrected chi connectivity index (χ1v) is 14.8. The molecule has 0 spiro atoms. The highest BCUT2D eigenvalue weighted by molar-refractivity contribution is 6.02. The van der Waals surface area contributed by atoms with Crippen molar-refractivity contribution in [3.8, 4) is 0 Å². The van der Waals surface area contributed by atoms with Crippen molar-refractivity contribution >= 4 is 23.5 Å². The summed E-state index contributed by atoms with van der Waals surface area (Å²) >= 11 is 0. The maximum atomic E-state index is 13.8. The van der Waals surface area contributed by atoms with E-state index < -0.39 is 28.2 Å². The number of rotatable bonds is 14. The number of benzene rings is 2. The Morgan fingerprint density at radius 1 is 0.561 bits per heavy atom. The maximum absolute atomic E-state index is 13.8. The first kappa shape index (κ1) is 33.9. The van der Waals surface area contributed by atoms with E-state index in [9.17, 15) is 19.2 Å². The molecule has 0 unspecified atom stereocenters. The lowest BCUT2D eigenvalue weighted by Gasteiger charge is -2.30. The summed E-state index contributed by atoms with van der Waals surface area (Å²) < 4.78 is 11.4. The zero-order chi connectivity index (χ0) is 30.8. The third kappa shape index (κ3) is 9.37. The molecule has 0 heterocycles. The molecular formula is C35H48O6. The van der Waals surface area contributed by atoms with Gasteiger partial charge >= 0.3 is 11.9 Å². The molecule has 0 aliphatic heterocycles. The van der Waals surface area contributed by atoms with Gasteiger partial charge in [0.2, 0.25) is 0 Å². The summed E-state index contributed by atoms with van der Waals surface area (Å²) in [6, 6.07) is 14.1. The number of ketones is 2. The highest BCUT2D eigenvalue weighted by atomic mass is 16.6. The number of hydrogen-bond acceptors (Lipinski definition) is 6. The zero-order valence-corrected chi connectivity index (χ0v) is 26.2. The van der Waals surface area contributed by atoms with Crippen LogP contribution in [0.4, 0.5) is 0 Å². The number of ether oxygens (including phenoxy) is 2. The maximum Gasteiger partial charge on any atom is 0.324 e. The minimum atomic E-state index is -1.63. The molecule has 2 aromatic rings. The fourth-order valence-corrected chi connectivity index (χ4v) is 4.44. The van der Waals surface area contributed by atoms with Gasteiger partial charge in [-0.1, -0.05) is 117 Å². The standard InChI is InChI=1S/C35H48O6/c1-9-11-21-40-31(38)35(32(39)41-22-12-10-2,23-25-13-17-27(18-14-25)29(36)33(3,4)5)24-26-15-19-28(20-16-26)30(37)34(6,7)8/h13-20H,9-12,21-24H2,1-8H3. The van der Waals surface area contributed by atoms with Gasteiger partial charge in [0, 0.05) is 22.0 Å². The van der Waals surface area contributed by atoms with Crippen LogP contribution in [0.3, 0.4) is 0 Å². The topological polar surface area (TPSA) is 86.7 Å². The molecule has 6 heteroatoms. The average molecular weight is 565 g/mol. The Balaban J connectivity index is 2.54. The molecule has 41 heavy (non-hydrogen) atoms. The molecule has 0 saturated heterocycles. The van der Waals surface area contributed by atoms with Crippen molar-refractivity contribution in [3.05, 3.63) is 70.8 Å². The Kier molecular flexibility index (Phi) is 12.0. The van der Waals surface area contributed by atoms with Gasteiger partial charge in [-0.05, 0) is 36.8 Å². The molecule has 0 N–H and O–H groups in total. The van der Waals surface area contributed by atoms with Gasteiger partial charge in [-0.25, -0.2) is 0 Å². The van der Waals surface area contributed by atoms with Crippen molar-refractivity contribution in [1.82, 2.24) is 0 Å². The first-order valence-electron chi connectivity index (χ1n) is 14.8. The first-order chi connectivity index (χ1) is 19.2. The van der Waals surface area contributed by atoms with Crippen molar-refractivity contribution in [2.75, 3.05) is 13.2 Å². The molecule has 2 rings (SSSR count). The Morgan fingerprint density at radius 2 is 0.878 bits per heavy atom. The number of Topliss-reactive ketones (excluding diaryl/α,β-unsaturated/α-hetero) is 2. The van der Waals surface area contributed by atoms with E-state index in [1.165, 1.54) is 0 Å². The lowest BCUT2D eigenvalue weighted by atomic mass is 9.75. The molecule has 0 amide bonds. The van der Waals surface area contributed by atoms with E-state index in [1.807, 2.05) is 55.4 Å². The van der Waals surface area contributed by atoms with E-state index in [1.54, 1.807) is 48.5 Å². The molecule has 0 atom stereocenters. The fourth-order valence-electron chi connectivity index (χ4n) is 4.44. The average Bonchev–Trinajstić information content (AvgIpc) is 2.91. The number of unbranched alkanes of at least 4 members (excludes halogenated alkanes) is 2. The van der Waals surface area contributed by atoms with E-state index in [4.69, 9.17) is 9.47 Å². The van der Waals surface area contributed by atoms with Gasteiger partial charge < -0.3 is 9.47 Å². The number of carbonyl (C=O) groups is 4. The van der Waals surface area contributed by atoms with E-state index in [2.05, 4.69) is 0 Å². The van der Waals surface area contributed by atoms with Gasteiger partial charge in [-0.2, -0.15) is 0 Å². The summed E-state index contributed by atoms with van der Waals surface area (Å²) in [5.41, 5.74) is -0.114. The molecule has 0 saturated carbocycles. The zero-order valence-electron chi connectivity index (χ0n) is 26.2. The molecule has 6 nitrogen and oxygen atoms in total. The van der Waals surface area contributed by atoms with E-state index in [0.717, 1.165) is 24.0 Å². The second-order valence-corrected chi connectivity index (χ2v) is 13.0. The van der Waals surface area contributed by atoms with Crippen molar-refractivity contribution in [2.45, 2.75) is 93.9 Å². The SMILES string of the molecule is CCCCOC(=O)C(Cc1ccc(C(=O)C(C)(C)C)cc1)(Cc1ccc(C(=O)C(C)(C)C)cc1)C(=O)OCCCC. The molecule has 0 aromatic heterocycles. The second kappa shape index (κ2) is 14.6. The molecule has 0 aliphatic rings. The Morgan fingerprint density at radius 3 is 1.15 bits per heavy atom. The molecule has 0 fully saturated rings. The van der Waals surface area contributed by atoms with Gasteiger partial charge in [-0.15, -0.1) is 0 Å². The highest BCUT2D eigenvalue weighted by Gasteiger charge is 2.49. The monoisotopic (exact) mass is 564 g/mol. The van der Waals surface area contributed by atoms with Gasteiger partial charge in [0.25, 0.3) is 0 Å². The second-order valence-electron chi connectivity index (χ2n) is 13.0. The van der Waals surface area contributed by atoms with Crippen LogP contribution in [0, 0.1) is 16.2 Å². The smallest absolute Gasteiger partial charge is 0.324 e. The molecule has 2 aromatic carbocycles. The van der Waals surface area contributed by atoms with E-state index in [-0.39, 0.29) is 37.6 Å². The molecule has 224 valence electrons. The van der Waals surface area contributed by atoms with Crippen LogP contribution in [-0.2, 0) is 31.9 Å². The predicted molar refractivity (Wildman–Crippen MR) is 162 cm³/mol. The number of esters is 2. The Hall–Kier alpha value is -3.28. The molecular weight excluding hydrogens is 516 g/mol. The van der Waals surface area contributed by atoms with Crippen LogP contribution in [0.1, 0.15) is 113 Å². The summed E-state index contributed by atoms with van der Waals surface area (Å²) in [5, 5.41) is 0. The van der Waals surface area contributed by atoms with Crippen LogP contribution < -0.4 is 0 Å². The van der Waals surface area contributed by atoms with Gasteiger partial charge in [-0.3, -0.25) is 19.2 Å². The van der Waals surface area contributed by atoms with E-state index >= 15 is 0 Å². The van der Waals surface area contributed by atoms with E-state index in [0.29, 0.717) is 24.0 Å². The summed E-state index contributed by atoms with van der Waals surface area (Å²) in [6.07, 6.45) is 3.15. The van der Waals surface area contributed by atoms with Crippen molar-refractivity contribution in [2.24, 2.45) is 16.2 Å². The van der Waals surface area contributed by atoms with Gasteiger partial charge in [0.05, 0.1) is 13.2 Å². The minimum Gasteiger partial charge on any atom is -0.465 e. The minimum absolute atomic E-state index is 0.0122. The van der Waals surface area contributed by atoms with Crippen LogP contribution in [-0.4, -0.2) is 36.7 Å². The normalized spacial score (nSPS) is 12.1. The summed E-state index contributed by atoms with van der Waals surface area (Å²) in [6.45, 7) is 15.6. The van der Waals surface area contributed by atoms with Gasteiger partial charge in [0.15, 0.2) is 17.0 Å². The molecule has 0 aliphatic carbocycles. The molecule has 0 bridgehead atoms. The predicted octanol–water partition coefficient (Wildman–Crippen LogP) is 7.60. The largest absolute Gasteiger partial charge is 0.465 e. The van der Waals surface area contributed by atoms with Crippen molar-refractivity contribution in [1.29, 1.82) is 0 Å². The fraction of sp³-hybridized carbons (Fsp3) is 0.543. The van der Waals surface area contributed by atoms with Crippen molar-refractivity contribution < 1.29 is 28.7 Å². The Labute approximate surface area is 246 Å². The third-order valence-electron chi connectivity index (χ3n) is 7.05. The molecule has 0 radical (unpaired) electrons. The summed E-state index contributed by atoms with van der Waals surface area (Å²) in [5.74, 6) is -1.23. The lowest BCUT2D eigenvalue weighted by Crippen LogP contribution is -2.46. The van der Waals surface area contributed by atoms with Crippen LogP contribution >= 0.6 is 0 Å². The lowest BCUT2D eigenvalue weighted by molar-refractivity contribution is -0.172. The van der Waals surface area contributed by atoms with Crippen LogP contribution in [0.15, 0.2) is 48.5 Å². The van der Waals surface area contributed by atoms with Crippen LogP contribution in [0.5, 0.6) is 0 Å². The number of carbonyl (C=O) groups excluding carboxylic acids is 4. The number of hydrogen-bond donors (Lipinski definition) is 0.